The normalized spacial score (nSPS) is 21.4. The highest BCUT2D eigenvalue weighted by atomic mass is 19.1. The van der Waals surface area contributed by atoms with Gasteiger partial charge in [-0.25, -0.2) is 4.39 Å². The molecule has 2 aliphatic carbocycles. The zero-order valence-electron chi connectivity index (χ0n) is 17.2. The quantitative estimate of drug-likeness (QED) is 0.722. The molecule has 2 aromatic rings. The highest BCUT2D eigenvalue weighted by Gasteiger charge is 2.31. The van der Waals surface area contributed by atoms with Gasteiger partial charge in [-0.1, -0.05) is 13.0 Å². The van der Waals surface area contributed by atoms with Crippen molar-refractivity contribution in [3.8, 4) is 6.07 Å². The number of fused-ring (bicyclic) bond motifs is 1. The predicted molar refractivity (Wildman–Crippen MR) is 115 cm³/mol. The fourth-order valence-electron chi connectivity index (χ4n) is 4.82. The first kappa shape index (κ1) is 20.3. The molecule has 0 bridgehead atoms. The van der Waals surface area contributed by atoms with Gasteiger partial charge in [-0.05, 0) is 91.8 Å². The van der Waals surface area contributed by atoms with Crippen molar-refractivity contribution in [2.24, 2.45) is 11.8 Å². The molecule has 1 saturated carbocycles. The number of nitrogens with zero attached hydrogens (tertiary/aromatic N) is 2. The lowest BCUT2D eigenvalue weighted by atomic mass is 9.73. The summed E-state index contributed by atoms with van der Waals surface area (Å²) in [6.45, 7) is 1.93. The smallest absolute Gasteiger partial charge is 0.227 e. The summed E-state index contributed by atoms with van der Waals surface area (Å²) in [4.78, 5) is 17.2. The lowest BCUT2D eigenvalue weighted by molar-refractivity contribution is -0.121. The fraction of sp³-hybridized carbons (Fsp3) is 0.400. The number of amides is 1. The largest absolute Gasteiger partial charge is 0.323 e. The molecule has 1 fully saturated rings. The van der Waals surface area contributed by atoms with Crippen LogP contribution in [-0.2, 0) is 11.2 Å². The van der Waals surface area contributed by atoms with Crippen molar-refractivity contribution in [3.05, 3.63) is 64.7 Å². The number of anilines is 1. The van der Waals surface area contributed by atoms with Crippen LogP contribution in [0.4, 0.5) is 10.1 Å². The third-order valence-electron chi connectivity index (χ3n) is 6.65. The second-order valence-electron chi connectivity index (χ2n) is 8.40. The highest BCUT2D eigenvalue weighted by Crippen LogP contribution is 2.41. The monoisotopic (exact) mass is 403 g/mol. The number of hydrogen-bond acceptors (Lipinski definition) is 3. The molecule has 2 aliphatic rings. The molecular formula is C25H26FN3O. The molecule has 4 rings (SSSR count). The molecular weight excluding hydrogens is 377 g/mol. The summed E-state index contributed by atoms with van der Waals surface area (Å²) in [5.74, 6) is -0.102. The molecule has 0 aliphatic heterocycles. The molecule has 4 nitrogen and oxygen atoms in total. The number of nitrogens with one attached hydrogen (secondary N) is 1. The number of nitriles is 1. The van der Waals surface area contributed by atoms with Crippen LogP contribution >= 0.6 is 0 Å². The van der Waals surface area contributed by atoms with Crippen LogP contribution in [0.25, 0.3) is 6.08 Å². The minimum absolute atomic E-state index is 0.135. The van der Waals surface area contributed by atoms with E-state index >= 15 is 0 Å². The minimum atomic E-state index is -0.574. The van der Waals surface area contributed by atoms with Crippen molar-refractivity contribution >= 4 is 17.7 Å². The maximum absolute atomic E-state index is 14.1. The van der Waals surface area contributed by atoms with Crippen LogP contribution in [0.2, 0.25) is 0 Å². The molecule has 1 aromatic heterocycles. The summed E-state index contributed by atoms with van der Waals surface area (Å²) in [6, 6.07) is 8.19. The van der Waals surface area contributed by atoms with E-state index in [0.717, 1.165) is 50.3 Å². The Balaban J connectivity index is 1.38. The van der Waals surface area contributed by atoms with Crippen molar-refractivity contribution < 1.29 is 9.18 Å². The average molecular weight is 404 g/mol. The molecule has 5 heteroatoms. The summed E-state index contributed by atoms with van der Waals surface area (Å²) < 4.78 is 14.1. The van der Waals surface area contributed by atoms with Crippen LogP contribution < -0.4 is 5.32 Å². The first-order chi connectivity index (χ1) is 14.6. The van der Waals surface area contributed by atoms with Crippen molar-refractivity contribution in [1.82, 2.24) is 4.98 Å². The van der Waals surface area contributed by atoms with Crippen LogP contribution in [0, 0.1) is 29.0 Å². The maximum atomic E-state index is 14.1. The summed E-state index contributed by atoms with van der Waals surface area (Å²) in [5, 5.41) is 11.6. The van der Waals surface area contributed by atoms with Crippen molar-refractivity contribution in [2.45, 2.75) is 51.4 Å². The van der Waals surface area contributed by atoms with Crippen LogP contribution in [0.15, 0.2) is 36.5 Å². The van der Waals surface area contributed by atoms with Gasteiger partial charge >= 0.3 is 0 Å². The van der Waals surface area contributed by atoms with Crippen molar-refractivity contribution in [3.63, 3.8) is 0 Å². The Morgan fingerprint density at radius 1 is 1.27 bits per heavy atom. The van der Waals surface area contributed by atoms with Gasteiger partial charge in [0.25, 0.3) is 0 Å². The number of carbonyl (C=O) groups excluding carboxylic acids is 1. The van der Waals surface area contributed by atoms with E-state index in [1.165, 1.54) is 23.3 Å². The van der Waals surface area contributed by atoms with Crippen LogP contribution in [0.3, 0.4) is 0 Å². The second-order valence-corrected chi connectivity index (χ2v) is 8.40. The Hall–Kier alpha value is -3.00. The topological polar surface area (TPSA) is 65.8 Å². The van der Waals surface area contributed by atoms with E-state index in [1.54, 1.807) is 0 Å². The summed E-state index contributed by atoms with van der Waals surface area (Å²) in [5.41, 5.74) is 4.31. The van der Waals surface area contributed by atoms with Gasteiger partial charge in [0.1, 0.15) is 5.82 Å². The van der Waals surface area contributed by atoms with Gasteiger partial charge in [-0.3, -0.25) is 9.78 Å². The SMILES string of the molecule is CC(C(=O)Nc1ccc(C#N)cc1F)C1CCC(c2ccnc3c2CCC=C3)CC1. The number of carbonyl (C=O) groups is 1. The third kappa shape index (κ3) is 4.14. The van der Waals surface area contributed by atoms with Gasteiger partial charge in [0.15, 0.2) is 0 Å². The maximum Gasteiger partial charge on any atom is 0.227 e. The summed E-state index contributed by atoms with van der Waals surface area (Å²) in [6.07, 6.45) is 12.5. The average Bonchev–Trinajstić information content (AvgIpc) is 2.79. The predicted octanol–water partition coefficient (Wildman–Crippen LogP) is 5.60. The van der Waals surface area contributed by atoms with E-state index in [-0.39, 0.29) is 23.1 Å². The number of aromatic nitrogens is 1. The Bertz CT molecular complexity index is 1020. The van der Waals surface area contributed by atoms with Gasteiger partial charge in [-0.2, -0.15) is 5.26 Å². The van der Waals surface area contributed by atoms with E-state index in [9.17, 15) is 9.18 Å². The van der Waals surface area contributed by atoms with E-state index in [1.807, 2.05) is 19.2 Å². The van der Waals surface area contributed by atoms with Crippen LogP contribution in [0.1, 0.15) is 67.3 Å². The van der Waals surface area contributed by atoms with E-state index in [4.69, 9.17) is 5.26 Å². The standard InChI is InChI=1S/C25H26FN3O/c1-16(25(30)29-24-11-6-17(15-27)14-22(24)26)18-7-9-19(10-8-18)20-12-13-28-23-5-3-2-4-21(20)23/h3,5-6,11-14,16,18-19H,2,4,7-10H2,1H3,(H,29,30). The second kappa shape index (κ2) is 8.79. The lowest BCUT2D eigenvalue weighted by Crippen LogP contribution is -2.30. The first-order valence-electron chi connectivity index (χ1n) is 10.7. The summed E-state index contributed by atoms with van der Waals surface area (Å²) in [7, 11) is 0. The molecule has 0 radical (unpaired) electrons. The zero-order chi connectivity index (χ0) is 21.1. The van der Waals surface area contributed by atoms with Gasteiger partial charge < -0.3 is 5.32 Å². The van der Waals surface area contributed by atoms with E-state index < -0.39 is 5.82 Å². The van der Waals surface area contributed by atoms with Gasteiger partial charge in [0.05, 0.1) is 23.0 Å². The van der Waals surface area contributed by atoms with Crippen molar-refractivity contribution in [1.29, 1.82) is 5.26 Å². The Morgan fingerprint density at radius 3 is 2.80 bits per heavy atom. The number of allylic oxidation sites excluding steroid dienone is 1. The molecule has 1 unspecified atom stereocenters. The van der Waals surface area contributed by atoms with Gasteiger partial charge in [0.2, 0.25) is 5.91 Å². The molecule has 0 spiro atoms. The molecule has 1 atom stereocenters. The third-order valence-corrected chi connectivity index (χ3v) is 6.65. The Morgan fingerprint density at radius 2 is 2.07 bits per heavy atom. The van der Waals surface area contributed by atoms with Crippen LogP contribution in [-0.4, -0.2) is 10.9 Å². The molecule has 154 valence electrons. The lowest BCUT2D eigenvalue weighted by Gasteiger charge is -2.33. The first-order valence-corrected chi connectivity index (χ1v) is 10.7. The Kier molecular flexibility index (Phi) is 5.94. The number of hydrogen-bond donors (Lipinski definition) is 1. The minimum Gasteiger partial charge on any atom is -0.323 e. The molecule has 1 aromatic carbocycles. The van der Waals surface area contributed by atoms with E-state index in [0.29, 0.717) is 11.8 Å². The number of rotatable bonds is 4. The fourth-order valence-corrected chi connectivity index (χ4v) is 4.82. The van der Waals surface area contributed by atoms with E-state index in [2.05, 4.69) is 28.5 Å². The Labute approximate surface area is 176 Å². The van der Waals surface area contributed by atoms with Crippen molar-refractivity contribution in [2.75, 3.05) is 5.32 Å². The number of pyridine rings is 1. The van der Waals surface area contributed by atoms with Gasteiger partial charge in [0, 0.05) is 12.1 Å². The number of benzene rings is 1. The van der Waals surface area contributed by atoms with Crippen LogP contribution in [0.5, 0.6) is 0 Å². The highest BCUT2D eigenvalue weighted by molar-refractivity contribution is 5.92. The molecule has 30 heavy (non-hydrogen) atoms. The molecule has 0 saturated heterocycles. The zero-order valence-corrected chi connectivity index (χ0v) is 17.2. The molecule has 1 amide bonds. The van der Waals surface area contributed by atoms with Gasteiger partial charge in [-0.15, -0.1) is 0 Å². The number of halogens is 1. The molecule has 1 N–H and O–H groups in total. The molecule has 1 heterocycles. The summed E-state index contributed by atoms with van der Waals surface area (Å²) >= 11 is 0.